The van der Waals surface area contributed by atoms with Crippen LogP contribution in [0.4, 0.5) is 0 Å². The Balaban J connectivity index is 1.45. The maximum Gasteiger partial charge on any atom is 0.0334 e. The zero-order chi connectivity index (χ0) is 12.2. The molecule has 4 rings (SSSR count). The van der Waals surface area contributed by atoms with E-state index in [4.69, 9.17) is 0 Å². The molecular weight excluding hydrogens is 220 g/mol. The van der Waals surface area contributed by atoms with Crippen molar-refractivity contribution < 1.29 is 0 Å². The molecule has 4 unspecified atom stereocenters. The van der Waals surface area contributed by atoms with Gasteiger partial charge in [-0.05, 0) is 62.7 Å². The van der Waals surface area contributed by atoms with Gasteiger partial charge in [-0.2, -0.15) is 0 Å². The minimum absolute atomic E-state index is 0.486. The van der Waals surface area contributed by atoms with Crippen LogP contribution in [0, 0.1) is 23.7 Å². The molecule has 2 nitrogen and oxygen atoms in total. The quantitative estimate of drug-likeness (QED) is 0.825. The summed E-state index contributed by atoms with van der Waals surface area (Å²) in [5, 5.41) is 3.64. The Morgan fingerprint density at radius 3 is 2.72 bits per heavy atom. The lowest BCUT2D eigenvalue weighted by atomic mass is 9.85. The fourth-order valence-corrected chi connectivity index (χ4v) is 5.21. The van der Waals surface area contributed by atoms with Gasteiger partial charge in [-0.15, -0.1) is 0 Å². The molecule has 1 heterocycles. The molecule has 102 valence electrons. The molecule has 0 aromatic carbocycles. The summed E-state index contributed by atoms with van der Waals surface area (Å²) in [7, 11) is 0. The Morgan fingerprint density at radius 1 is 1.17 bits per heavy atom. The molecule has 0 radical (unpaired) electrons. The maximum atomic E-state index is 3.64. The number of fused-ring (bicyclic) bond motifs is 2. The first-order valence-electron chi connectivity index (χ1n) is 8.21. The van der Waals surface area contributed by atoms with Crippen LogP contribution in [0.5, 0.6) is 0 Å². The topological polar surface area (TPSA) is 15.3 Å². The van der Waals surface area contributed by atoms with Crippen LogP contribution < -0.4 is 5.32 Å². The summed E-state index contributed by atoms with van der Waals surface area (Å²) in [4.78, 5) is 2.88. The van der Waals surface area contributed by atoms with Crippen molar-refractivity contribution in [3.8, 4) is 0 Å². The fourth-order valence-electron chi connectivity index (χ4n) is 5.21. The van der Waals surface area contributed by atoms with Gasteiger partial charge in [0.05, 0.1) is 0 Å². The lowest BCUT2D eigenvalue weighted by molar-refractivity contribution is 0.0323. The van der Waals surface area contributed by atoms with E-state index in [-0.39, 0.29) is 0 Å². The van der Waals surface area contributed by atoms with Crippen molar-refractivity contribution >= 4 is 0 Å². The Kier molecular flexibility index (Phi) is 2.74. The molecule has 2 heteroatoms. The molecule has 4 atom stereocenters. The van der Waals surface area contributed by atoms with Crippen LogP contribution in [0.1, 0.15) is 45.4 Å². The van der Waals surface area contributed by atoms with Gasteiger partial charge in [-0.3, -0.25) is 4.90 Å². The first-order chi connectivity index (χ1) is 8.75. The van der Waals surface area contributed by atoms with Gasteiger partial charge in [0.15, 0.2) is 0 Å². The molecule has 0 aromatic heterocycles. The molecule has 0 amide bonds. The van der Waals surface area contributed by atoms with Gasteiger partial charge >= 0.3 is 0 Å². The van der Waals surface area contributed by atoms with Crippen LogP contribution in [0.15, 0.2) is 0 Å². The summed E-state index contributed by atoms with van der Waals surface area (Å²) in [6.45, 7) is 7.68. The van der Waals surface area contributed by atoms with Crippen molar-refractivity contribution in [1.82, 2.24) is 10.2 Å². The van der Waals surface area contributed by atoms with E-state index in [0.717, 1.165) is 23.7 Å². The molecule has 3 saturated carbocycles. The predicted octanol–water partition coefficient (Wildman–Crippen LogP) is 2.50. The third kappa shape index (κ3) is 1.84. The molecule has 0 spiro atoms. The van der Waals surface area contributed by atoms with Gasteiger partial charge in [-0.25, -0.2) is 0 Å². The summed E-state index contributed by atoms with van der Waals surface area (Å²) in [5.74, 6) is 4.23. The maximum absolute atomic E-state index is 3.64. The van der Waals surface area contributed by atoms with Crippen molar-refractivity contribution in [3.63, 3.8) is 0 Å². The number of hydrogen-bond acceptors (Lipinski definition) is 2. The van der Waals surface area contributed by atoms with Crippen LogP contribution in [0.25, 0.3) is 0 Å². The van der Waals surface area contributed by atoms with Crippen LogP contribution >= 0.6 is 0 Å². The van der Waals surface area contributed by atoms with Gasteiger partial charge in [-0.1, -0.05) is 6.42 Å². The first-order valence-corrected chi connectivity index (χ1v) is 8.21. The SMILES string of the molecule is CC1(C2CC2)CNCCN1CC1CC2CCC1C2. The summed E-state index contributed by atoms with van der Waals surface area (Å²) in [5.41, 5.74) is 0.486. The van der Waals surface area contributed by atoms with Crippen LogP contribution in [-0.4, -0.2) is 36.6 Å². The Hall–Kier alpha value is -0.0800. The number of rotatable bonds is 3. The second kappa shape index (κ2) is 4.21. The van der Waals surface area contributed by atoms with E-state index in [1.165, 1.54) is 39.0 Å². The lowest BCUT2D eigenvalue weighted by Crippen LogP contribution is -2.62. The Morgan fingerprint density at radius 2 is 2.06 bits per heavy atom. The van der Waals surface area contributed by atoms with E-state index in [9.17, 15) is 0 Å². The van der Waals surface area contributed by atoms with Crippen LogP contribution in [0.3, 0.4) is 0 Å². The van der Waals surface area contributed by atoms with Gasteiger partial charge in [0, 0.05) is 31.7 Å². The van der Waals surface area contributed by atoms with E-state index in [1.54, 1.807) is 25.7 Å². The average Bonchev–Trinajstić information content (AvgIpc) is 3.05. The average molecular weight is 248 g/mol. The van der Waals surface area contributed by atoms with Gasteiger partial charge < -0.3 is 5.32 Å². The number of hydrogen-bond donors (Lipinski definition) is 1. The second-order valence-electron chi connectivity index (χ2n) is 7.69. The molecule has 1 saturated heterocycles. The van der Waals surface area contributed by atoms with Crippen molar-refractivity contribution in [2.24, 2.45) is 23.7 Å². The molecule has 2 bridgehead atoms. The molecule has 1 aliphatic heterocycles. The van der Waals surface area contributed by atoms with E-state index in [2.05, 4.69) is 17.1 Å². The van der Waals surface area contributed by atoms with E-state index in [0.29, 0.717) is 5.54 Å². The van der Waals surface area contributed by atoms with Crippen molar-refractivity contribution in [2.75, 3.05) is 26.2 Å². The zero-order valence-corrected chi connectivity index (χ0v) is 11.8. The summed E-state index contributed by atoms with van der Waals surface area (Å²) in [6.07, 6.45) is 9.16. The molecule has 4 aliphatic rings. The smallest absolute Gasteiger partial charge is 0.0334 e. The second-order valence-corrected chi connectivity index (χ2v) is 7.69. The van der Waals surface area contributed by atoms with E-state index < -0.39 is 0 Å². The molecule has 0 aromatic rings. The van der Waals surface area contributed by atoms with Gasteiger partial charge in [0.25, 0.3) is 0 Å². The highest BCUT2D eigenvalue weighted by atomic mass is 15.3. The molecule has 4 fully saturated rings. The van der Waals surface area contributed by atoms with Crippen LogP contribution in [-0.2, 0) is 0 Å². The molecular formula is C16H28N2. The number of nitrogens with zero attached hydrogens (tertiary/aromatic N) is 1. The molecule has 3 aliphatic carbocycles. The zero-order valence-electron chi connectivity index (χ0n) is 11.8. The van der Waals surface area contributed by atoms with E-state index in [1.807, 2.05) is 0 Å². The third-order valence-electron chi connectivity index (χ3n) is 6.56. The standard InChI is InChI=1S/C16H28N2/c1-16(15-4-5-15)11-17-6-7-18(16)10-14-9-12-2-3-13(14)8-12/h12-15,17H,2-11H2,1H3. The minimum atomic E-state index is 0.486. The van der Waals surface area contributed by atoms with Crippen molar-refractivity contribution in [3.05, 3.63) is 0 Å². The first kappa shape index (κ1) is 11.7. The summed E-state index contributed by atoms with van der Waals surface area (Å²) in [6, 6.07) is 0. The summed E-state index contributed by atoms with van der Waals surface area (Å²) < 4.78 is 0. The van der Waals surface area contributed by atoms with E-state index >= 15 is 0 Å². The summed E-state index contributed by atoms with van der Waals surface area (Å²) >= 11 is 0. The lowest BCUT2D eigenvalue weighted by Gasteiger charge is -2.47. The number of nitrogens with one attached hydrogen (secondary N) is 1. The Bertz CT molecular complexity index is 325. The van der Waals surface area contributed by atoms with Crippen LogP contribution in [0.2, 0.25) is 0 Å². The largest absolute Gasteiger partial charge is 0.314 e. The highest BCUT2D eigenvalue weighted by Gasteiger charge is 2.48. The van der Waals surface area contributed by atoms with Crippen molar-refractivity contribution in [1.29, 1.82) is 0 Å². The predicted molar refractivity (Wildman–Crippen MR) is 74.5 cm³/mol. The highest BCUT2D eigenvalue weighted by Crippen LogP contribution is 2.50. The minimum Gasteiger partial charge on any atom is -0.314 e. The fraction of sp³-hybridized carbons (Fsp3) is 1.00. The molecule has 18 heavy (non-hydrogen) atoms. The monoisotopic (exact) mass is 248 g/mol. The number of piperazine rings is 1. The normalized spacial score (nSPS) is 48.8. The Labute approximate surface area is 111 Å². The van der Waals surface area contributed by atoms with Gasteiger partial charge in [0.2, 0.25) is 0 Å². The van der Waals surface area contributed by atoms with Gasteiger partial charge in [0.1, 0.15) is 0 Å². The highest BCUT2D eigenvalue weighted by molar-refractivity contribution is 5.04. The third-order valence-corrected chi connectivity index (χ3v) is 6.56. The molecule has 1 N–H and O–H groups in total. The van der Waals surface area contributed by atoms with Crippen molar-refractivity contribution in [2.45, 2.75) is 51.0 Å².